The molecule has 4 N–H and O–H groups in total. The highest BCUT2D eigenvalue weighted by Crippen LogP contribution is 2.39. The molecule has 0 saturated carbocycles. The Hall–Kier alpha value is -2.31. The number of aryl methyl sites for hydroxylation is 2. The van der Waals surface area contributed by atoms with Gasteiger partial charge in [0.25, 0.3) is 0 Å². The van der Waals surface area contributed by atoms with Gasteiger partial charge in [-0.1, -0.05) is 25.1 Å². The molecule has 0 amide bonds. The first kappa shape index (κ1) is 30.9. The normalized spacial score (nSPS) is 14.3. The highest BCUT2D eigenvalue weighted by atomic mass is 31.2. The van der Waals surface area contributed by atoms with Crippen molar-refractivity contribution in [3.63, 3.8) is 0 Å². The minimum Gasteiger partial charge on any atom is -0.493 e. The molecule has 0 aliphatic carbocycles. The van der Waals surface area contributed by atoms with Crippen LogP contribution in [0, 0.1) is 0 Å². The monoisotopic (exact) mass is 559 g/mol. The SMILES string of the molecule is CCC(N)(CCc1ccc(OCCCc2cccc(OC(F)(F)F)c2)c(C(F)(F)F)c1)COP(=O)(O)O. The predicted octanol–water partition coefficient (Wildman–Crippen LogP) is 5.77. The highest BCUT2D eigenvalue weighted by molar-refractivity contribution is 7.46. The zero-order valence-electron chi connectivity index (χ0n) is 19.8. The standard InChI is InChI=1S/C23H28F6NO6P/c1-2-21(30,15-35-37(31,32)33)11-10-17-8-9-20(19(14-17)22(24,25)26)34-12-4-6-16-5-3-7-18(13-16)36-23(27,28)29/h3,5,7-9,13-14H,2,4,6,10-12,15,30H2,1H3,(H2,31,32,33). The van der Waals surface area contributed by atoms with Gasteiger partial charge in [-0.15, -0.1) is 13.2 Å². The van der Waals surface area contributed by atoms with Gasteiger partial charge < -0.3 is 25.0 Å². The van der Waals surface area contributed by atoms with E-state index in [1.807, 2.05) is 0 Å². The largest absolute Gasteiger partial charge is 0.573 e. The second-order valence-corrected chi connectivity index (χ2v) is 9.69. The quantitative estimate of drug-likeness (QED) is 0.162. The fraction of sp³-hybridized carbons (Fsp3) is 0.478. The van der Waals surface area contributed by atoms with Gasteiger partial charge in [-0.2, -0.15) is 13.2 Å². The molecule has 1 atom stereocenters. The molecule has 0 saturated heterocycles. The molecule has 0 aliphatic heterocycles. The summed E-state index contributed by atoms with van der Waals surface area (Å²) in [5.41, 5.74) is 4.73. The maximum atomic E-state index is 13.7. The van der Waals surface area contributed by atoms with Crippen molar-refractivity contribution in [3.8, 4) is 11.5 Å². The maximum absolute atomic E-state index is 13.7. The minimum absolute atomic E-state index is 0.0918. The van der Waals surface area contributed by atoms with Gasteiger partial charge in [0.05, 0.1) is 18.8 Å². The molecule has 7 nitrogen and oxygen atoms in total. The lowest BCUT2D eigenvalue weighted by atomic mass is 9.90. The minimum atomic E-state index is -4.83. The van der Waals surface area contributed by atoms with Crippen molar-refractivity contribution >= 4 is 7.82 Å². The van der Waals surface area contributed by atoms with Gasteiger partial charge in [0.15, 0.2) is 0 Å². The van der Waals surface area contributed by atoms with Crippen molar-refractivity contribution in [1.29, 1.82) is 0 Å². The number of halogens is 6. The van der Waals surface area contributed by atoms with Gasteiger partial charge >= 0.3 is 20.4 Å². The second-order valence-electron chi connectivity index (χ2n) is 8.46. The summed E-state index contributed by atoms with van der Waals surface area (Å²) in [5, 5.41) is 0. The third-order valence-corrected chi connectivity index (χ3v) is 5.95. The van der Waals surface area contributed by atoms with Crippen molar-refractivity contribution in [1.82, 2.24) is 0 Å². The second kappa shape index (κ2) is 12.5. The molecule has 37 heavy (non-hydrogen) atoms. The highest BCUT2D eigenvalue weighted by Gasteiger charge is 2.35. The van der Waals surface area contributed by atoms with Gasteiger partial charge in [-0.3, -0.25) is 4.52 Å². The fourth-order valence-electron chi connectivity index (χ4n) is 3.39. The van der Waals surface area contributed by atoms with Crippen LogP contribution in [-0.2, 0) is 28.1 Å². The fourth-order valence-corrected chi connectivity index (χ4v) is 3.82. The Kier molecular flexibility index (Phi) is 10.4. The number of alkyl halides is 6. The van der Waals surface area contributed by atoms with Crippen LogP contribution >= 0.6 is 7.82 Å². The van der Waals surface area contributed by atoms with E-state index in [2.05, 4.69) is 9.26 Å². The summed E-state index contributed by atoms with van der Waals surface area (Å²) in [6.45, 7) is 1.08. The van der Waals surface area contributed by atoms with Crippen molar-refractivity contribution in [2.45, 2.75) is 57.1 Å². The van der Waals surface area contributed by atoms with E-state index >= 15 is 0 Å². The van der Waals surface area contributed by atoms with E-state index in [4.69, 9.17) is 20.3 Å². The topological polar surface area (TPSA) is 111 Å². The lowest BCUT2D eigenvalue weighted by molar-refractivity contribution is -0.274. The smallest absolute Gasteiger partial charge is 0.493 e. The molecule has 208 valence electrons. The molecule has 2 aromatic rings. The van der Waals surface area contributed by atoms with Crippen LogP contribution in [0.2, 0.25) is 0 Å². The van der Waals surface area contributed by atoms with Gasteiger partial charge in [0.2, 0.25) is 0 Å². The first-order valence-electron chi connectivity index (χ1n) is 11.2. The zero-order valence-corrected chi connectivity index (χ0v) is 20.7. The molecule has 0 bridgehead atoms. The molecule has 14 heteroatoms. The molecule has 0 aromatic heterocycles. The van der Waals surface area contributed by atoms with E-state index in [0.717, 1.165) is 12.1 Å². The number of nitrogens with two attached hydrogens (primary N) is 1. The summed E-state index contributed by atoms with van der Waals surface area (Å²) in [7, 11) is -4.75. The Bertz CT molecular complexity index is 1070. The molecule has 0 spiro atoms. The molecule has 0 heterocycles. The number of hydrogen-bond donors (Lipinski definition) is 3. The van der Waals surface area contributed by atoms with Crippen LogP contribution in [-0.4, -0.2) is 34.9 Å². The summed E-state index contributed by atoms with van der Waals surface area (Å²) in [4.78, 5) is 17.7. The van der Waals surface area contributed by atoms with Crippen LogP contribution < -0.4 is 15.2 Å². The Morgan fingerprint density at radius 1 is 0.973 bits per heavy atom. The molecule has 0 fully saturated rings. The lowest BCUT2D eigenvalue weighted by Gasteiger charge is -2.28. The van der Waals surface area contributed by atoms with Gasteiger partial charge in [-0.05, 0) is 67.5 Å². The van der Waals surface area contributed by atoms with Crippen LogP contribution in [0.15, 0.2) is 42.5 Å². The number of hydrogen-bond acceptors (Lipinski definition) is 5. The van der Waals surface area contributed by atoms with Crippen molar-refractivity contribution in [2.24, 2.45) is 5.73 Å². The van der Waals surface area contributed by atoms with Crippen molar-refractivity contribution < 1.29 is 54.7 Å². The first-order chi connectivity index (χ1) is 17.0. The third kappa shape index (κ3) is 11.3. The first-order valence-corrected chi connectivity index (χ1v) is 12.7. The Morgan fingerprint density at radius 2 is 1.65 bits per heavy atom. The summed E-state index contributed by atoms with van der Waals surface area (Å²) < 4.78 is 103. The van der Waals surface area contributed by atoms with E-state index in [1.54, 1.807) is 13.0 Å². The van der Waals surface area contributed by atoms with Crippen LogP contribution in [0.4, 0.5) is 26.3 Å². The van der Waals surface area contributed by atoms with Gasteiger partial charge in [-0.25, -0.2) is 4.57 Å². The number of phosphoric acid groups is 1. The van der Waals surface area contributed by atoms with Crippen molar-refractivity contribution in [2.75, 3.05) is 13.2 Å². The van der Waals surface area contributed by atoms with Crippen LogP contribution in [0.25, 0.3) is 0 Å². The molecular formula is C23H28F6NO6P. The average molecular weight is 559 g/mol. The third-order valence-electron chi connectivity index (χ3n) is 5.48. The summed E-state index contributed by atoms with van der Waals surface area (Å²) in [6, 6.07) is 8.82. The van der Waals surface area contributed by atoms with E-state index in [1.165, 1.54) is 24.3 Å². The summed E-state index contributed by atoms with van der Waals surface area (Å²) in [5.74, 6) is -0.788. The number of ether oxygens (including phenoxy) is 2. The average Bonchev–Trinajstić information content (AvgIpc) is 2.77. The summed E-state index contributed by atoms with van der Waals surface area (Å²) >= 11 is 0. The molecule has 2 aromatic carbocycles. The van der Waals surface area contributed by atoms with E-state index in [-0.39, 0.29) is 38.7 Å². The van der Waals surface area contributed by atoms with Gasteiger partial charge in [0.1, 0.15) is 11.5 Å². The molecular weight excluding hydrogens is 531 g/mol. The molecule has 0 aliphatic rings. The molecule has 1 unspecified atom stereocenters. The Morgan fingerprint density at radius 3 is 2.24 bits per heavy atom. The Balaban J connectivity index is 2.00. The van der Waals surface area contributed by atoms with Gasteiger partial charge in [0, 0.05) is 5.54 Å². The molecule has 0 radical (unpaired) electrons. The lowest BCUT2D eigenvalue weighted by Crippen LogP contribution is -2.44. The van der Waals surface area contributed by atoms with E-state index in [9.17, 15) is 30.9 Å². The predicted molar refractivity (Wildman–Crippen MR) is 122 cm³/mol. The van der Waals surface area contributed by atoms with Crippen LogP contribution in [0.5, 0.6) is 11.5 Å². The van der Waals surface area contributed by atoms with E-state index in [0.29, 0.717) is 11.1 Å². The zero-order chi connectivity index (χ0) is 27.9. The Labute approximate surface area is 209 Å². The van der Waals surface area contributed by atoms with E-state index < -0.39 is 49.6 Å². The number of rotatable bonds is 13. The van der Waals surface area contributed by atoms with Crippen LogP contribution in [0.3, 0.4) is 0 Å². The number of benzene rings is 2. The summed E-state index contributed by atoms with van der Waals surface area (Å²) in [6.07, 6.45) is -8.59. The van der Waals surface area contributed by atoms with Crippen LogP contribution in [0.1, 0.15) is 42.9 Å². The molecule has 2 rings (SSSR count). The number of phosphoric ester groups is 1. The maximum Gasteiger partial charge on any atom is 0.573 e. The van der Waals surface area contributed by atoms with Crippen molar-refractivity contribution in [3.05, 3.63) is 59.2 Å².